The van der Waals surface area contributed by atoms with Crippen LogP contribution in [0.2, 0.25) is 0 Å². The molecule has 1 fully saturated rings. The van der Waals surface area contributed by atoms with Gasteiger partial charge in [-0.1, -0.05) is 30.3 Å². The van der Waals surface area contributed by atoms with E-state index in [0.29, 0.717) is 17.3 Å². The van der Waals surface area contributed by atoms with Crippen LogP contribution in [-0.4, -0.2) is 45.9 Å². The number of amides is 1. The summed E-state index contributed by atoms with van der Waals surface area (Å²) in [5.74, 6) is 0.985. The van der Waals surface area contributed by atoms with E-state index in [1.165, 1.54) is 17.1 Å². The standard InChI is InChI=1S/C23H18N4O4/c1-30-19-9-7-17(8-10-19)27-22(24-21(25-27)16-5-3-2-4-6-16)26-20(29)15-31-23(26)13-11-18(28)12-14-23/h2-14H,15H2,1H3. The first-order valence-corrected chi connectivity index (χ1v) is 9.66. The SMILES string of the molecule is COc1ccc(-n2nc(-c3ccccc3)nc2N2C(=O)COC23C=CC(=O)C=C3)cc1. The lowest BCUT2D eigenvalue weighted by Crippen LogP contribution is -2.46. The van der Waals surface area contributed by atoms with Crippen molar-refractivity contribution in [3.8, 4) is 22.8 Å². The Balaban J connectivity index is 1.68. The van der Waals surface area contributed by atoms with Crippen LogP contribution in [0, 0.1) is 0 Å². The molecule has 5 rings (SSSR count). The first kappa shape index (κ1) is 19.0. The van der Waals surface area contributed by atoms with Crippen LogP contribution in [0.15, 0.2) is 78.9 Å². The fourth-order valence-corrected chi connectivity index (χ4v) is 3.58. The highest BCUT2D eigenvalue weighted by atomic mass is 16.5. The van der Waals surface area contributed by atoms with E-state index in [4.69, 9.17) is 14.5 Å². The molecule has 1 aliphatic heterocycles. The van der Waals surface area contributed by atoms with Crippen molar-refractivity contribution in [1.29, 1.82) is 0 Å². The second-order valence-corrected chi connectivity index (χ2v) is 7.05. The lowest BCUT2D eigenvalue weighted by atomic mass is 10.1. The fraction of sp³-hybridized carbons (Fsp3) is 0.130. The number of hydrogen-bond acceptors (Lipinski definition) is 6. The number of ketones is 1. The van der Waals surface area contributed by atoms with Crippen LogP contribution in [0.25, 0.3) is 17.1 Å². The molecule has 2 heterocycles. The minimum atomic E-state index is -1.23. The van der Waals surface area contributed by atoms with E-state index in [1.54, 1.807) is 36.1 Å². The van der Waals surface area contributed by atoms with Gasteiger partial charge in [0.1, 0.15) is 12.4 Å². The van der Waals surface area contributed by atoms with Gasteiger partial charge in [0.15, 0.2) is 17.3 Å². The van der Waals surface area contributed by atoms with Crippen LogP contribution in [0.3, 0.4) is 0 Å². The quantitative estimate of drug-likeness (QED) is 0.653. The topological polar surface area (TPSA) is 86.6 Å². The lowest BCUT2D eigenvalue weighted by Gasteiger charge is -2.31. The van der Waals surface area contributed by atoms with Gasteiger partial charge in [0.25, 0.3) is 5.91 Å². The van der Waals surface area contributed by atoms with Gasteiger partial charge in [0.05, 0.1) is 12.8 Å². The molecular formula is C23H18N4O4. The van der Waals surface area contributed by atoms with Gasteiger partial charge in [0, 0.05) is 5.56 Å². The zero-order valence-corrected chi connectivity index (χ0v) is 16.6. The zero-order chi connectivity index (χ0) is 21.4. The van der Waals surface area contributed by atoms with Gasteiger partial charge in [-0.15, -0.1) is 5.10 Å². The Labute approximate surface area is 178 Å². The van der Waals surface area contributed by atoms with Crippen molar-refractivity contribution < 1.29 is 19.1 Å². The molecule has 1 aromatic heterocycles. The molecular weight excluding hydrogens is 396 g/mol. The molecule has 1 amide bonds. The van der Waals surface area contributed by atoms with Gasteiger partial charge in [-0.3, -0.25) is 9.59 Å². The molecule has 0 unspecified atom stereocenters. The Morgan fingerprint density at radius 3 is 2.39 bits per heavy atom. The van der Waals surface area contributed by atoms with Crippen molar-refractivity contribution in [2.45, 2.75) is 5.72 Å². The van der Waals surface area contributed by atoms with Gasteiger partial charge in [-0.2, -0.15) is 9.67 Å². The summed E-state index contributed by atoms with van der Waals surface area (Å²) in [7, 11) is 1.59. The van der Waals surface area contributed by atoms with Gasteiger partial charge in [-0.25, -0.2) is 4.90 Å². The maximum absolute atomic E-state index is 12.9. The molecule has 3 aromatic rings. The molecule has 154 valence electrons. The van der Waals surface area contributed by atoms with Crippen molar-refractivity contribution in [3.63, 3.8) is 0 Å². The number of anilines is 1. The summed E-state index contributed by atoms with van der Waals surface area (Å²) in [5, 5.41) is 4.68. The van der Waals surface area contributed by atoms with Crippen LogP contribution >= 0.6 is 0 Å². The summed E-state index contributed by atoms with van der Waals surface area (Å²) < 4.78 is 12.6. The highest BCUT2D eigenvalue weighted by Crippen LogP contribution is 2.36. The minimum absolute atomic E-state index is 0.140. The monoisotopic (exact) mass is 414 g/mol. The average molecular weight is 414 g/mol. The second-order valence-electron chi connectivity index (χ2n) is 7.05. The number of carbonyl (C=O) groups is 2. The first-order chi connectivity index (χ1) is 15.1. The van der Waals surface area contributed by atoms with E-state index in [2.05, 4.69) is 5.10 Å². The number of nitrogens with zero attached hydrogens (tertiary/aromatic N) is 4. The number of carbonyl (C=O) groups excluding carboxylic acids is 2. The van der Waals surface area contributed by atoms with Crippen molar-refractivity contribution in [2.75, 3.05) is 18.6 Å². The van der Waals surface area contributed by atoms with E-state index < -0.39 is 5.72 Å². The number of benzene rings is 2. The highest BCUT2D eigenvalue weighted by molar-refractivity contribution is 6.03. The Bertz CT molecular complexity index is 1200. The molecule has 0 atom stereocenters. The minimum Gasteiger partial charge on any atom is -0.497 e. The Morgan fingerprint density at radius 2 is 1.71 bits per heavy atom. The summed E-state index contributed by atoms with van der Waals surface area (Å²) in [4.78, 5) is 30.7. The lowest BCUT2D eigenvalue weighted by molar-refractivity contribution is -0.117. The number of aromatic nitrogens is 3. The number of allylic oxidation sites excluding steroid dienone is 2. The largest absolute Gasteiger partial charge is 0.497 e. The predicted octanol–water partition coefficient (Wildman–Crippen LogP) is 2.70. The molecule has 1 aliphatic carbocycles. The molecule has 8 heteroatoms. The highest BCUT2D eigenvalue weighted by Gasteiger charge is 2.48. The van der Waals surface area contributed by atoms with E-state index in [9.17, 15) is 9.59 Å². The molecule has 0 N–H and O–H groups in total. The normalized spacial score (nSPS) is 17.0. The Morgan fingerprint density at radius 1 is 1.00 bits per heavy atom. The van der Waals surface area contributed by atoms with Crippen molar-refractivity contribution in [2.24, 2.45) is 0 Å². The third-order valence-electron chi connectivity index (χ3n) is 5.14. The van der Waals surface area contributed by atoms with Gasteiger partial charge < -0.3 is 9.47 Å². The number of rotatable bonds is 4. The van der Waals surface area contributed by atoms with E-state index in [1.807, 2.05) is 42.5 Å². The third kappa shape index (κ3) is 3.23. The first-order valence-electron chi connectivity index (χ1n) is 9.66. The van der Waals surface area contributed by atoms with E-state index in [0.717, 1.165) is 5.56 Å². The molecule has 0 radical (unpaired) electrons. The molecule has 2 aliphatic rings. The van der Waals surface area contributed by atoms with E-state index >= 15 is 0 Å². The summed E-state index contributed by atoms with van der Waals surface area (Å²) in [6.07, 6.45) is 5.90. The predicted molar refractivity (Wildman–Crippen MR) is 113 cm³/mol. The average Bonchev–Trinajstić information content (AvgIpc) is 3.38. The number of ether oxygens (including phenoxy) is 2. The van der Waals surface area contributed by atoms with Crippen LogP contribution in [0.1, 0.15) is 0 Å². The Kier molecular flexibility index (Phi) is 4.48. The van der Waals surface area contributed by atoms with Crippen LogP contribution < -0.4 is 9.64 Å². The second kappa shape index (κ2) is 7.33. The summed E-state index contributed by atoms with van der Waals surface area (Å²) in [6.45, 7) is -0.140. The summed E-state index contributed by atoms with van der Waals surface area (Å²) >= 11 is 0. The maximum Gasteiger partial charge on any atom is 0.258 e. The van der Waals surface area contributed by atoms with Crippen LogP contribution in [0.4, 0.5) is 5.95 Å². The smallest absolute Gasteiger partial charge is 0.258 e. The summed E-state index contributed by atoms with van der Waals surface area (Å²) in [5.41, 5.74) is 0.277. The molecule has 0 saturated carbocycles. The molecule has 2 aromatic carbocycles. The van der Waals surface area contributed by atoms with Crippen molar-refractivity contribution in [3.05, 3.63) is 78.9 Å². The van der Waals surface area contributed by atoms with E-state index in [-0.39, 0.29) is 24.2 Å². The molecule has 31 heavy (non-hydrogen) atoms. The van der Waals surface area contributed by atoms with Gasteiger partial charge in [-0.05, 0) is 48.6 Å². The zero-order valence-electron chi connectivity index (χ0n) is 16.6. The number of hydrogen-bond donors (Lipinski definition) is 0. The number of methoxy groups -OCH3 is 1. The van der Waals surface area contributed by atoms with Crippen molar-refractivity contribution >= 4 is 17.6 Å². The van der Waals surface area contributed by atoms with Gasteiger partial charge in [0.2, 0.25) is 5.95 Å². The molecule has 0 bridgehead atoms. The molecule has 8 nitrogen and oxygen atoms in total. The molecule has 1 saturated heterocycles. The third-order valence-corrected chi connectivity index (χ3v) is 5.14. The maximum atomic E-state index is 12.9. The molecule has 1 spiro atoms. The van der Waals surface area contributed by atoms with Crippen molar-refractivity contribution in [1.82, 2.24) is 14.8 Å². The van der Waals surface area contributed by atoms with Crippen LogP contribution in [0.5, 0.6) is 5.75 Å². The Hall–Kier alpha value is -4.04. The van der Waals surface area contributed by atoms with Gasteiger partial charge >= 0.3 is 0 Å². The van der Waals surface area contributed by atoms with Crippen LogP contribution in [-0.2, 0) is 14.3 Å². The fourth-order valence-electron chi connectivity index (χ4n) is 3.58. The summed E-state index contributed by atoms with van der Waals surface area (Å²) in [6, 6.07) is 16.8.